The van der Waals surface area contributed by atoms with E-state index in [9.17, 15) is 4.79 Å². The summed E-state index contributed by atoms with van der Waals surface area (Å²) in [5.74, 6) is 0.705. The van der Waals surface area contributed by atoms with Gasteiger partial charge in [0.25, 0.3) is 5.91 Å². The quantitative estimate of drug-likeness (QED) is 0.450. The number of fused-ring (bicyclic) bond motifs is 1. The Hall–Kier alpha value is -4.11. The van der Waals surface area contributed by atoms with Gasteiger partial charge in [-0.3, -0.25) is 14.7 Å². The summed E-state index contributed by atoms with van der Waals surface area (Å²) >= 11 is 0. The summed E-state index contributed by atoms with van der Waals surface area (Å²) in [4.78, 5) is 25.3. The molecule has 0 fully saturated rings. The van der Waals surface area contributed by atoms with Crippen LogP contribution in [0, 0.1) is 0 Å². The van der Waals surface area contributed by atoms with E-state index in [4.69, 9.17) is 0 Å². The van der Waals surface area contributed by atoms with Crippen molar-refractivity contribution in [3.8, 4) is 11.3 Å². The summed E-state index contributed by atoms with van der Waals surface area (Å²) in [5.41, 5.74) is 6.76. The van der Waals surface area contributed by atoms with E-state index in [-0.39, 0.29) is 5.91 Å². The molecule has 1 aliphatic heterocycles. The smallest absolute Gasteiger partial charge is 0.254 e. The first-order valence-electron chi connectivity index (χ1n) is 12.0. The molecule has 0 saturated carbocycles. The summed E-state index contributed by atoms with van der Waals surface area (Å²) in [6.07, 6.45) is 6.65. The van der Waals surface area contributed by atoms with Gasteiger partial charge in [0.05, 0.1) is 17.0 Å². The van der Waals surface area contributed by atoms with E-state index in [0.29, 0.717) is 5.56 Å². The molecular weight excluding hydrogens is 452 g/mol. The van der Waals surface area contributed by atoms with Gasteiger partial charge in [-0.15, -0.1) is 10.2 Å². The van der Waals surface area contributed by atoms with Gasteiger partial charge < -0.3 is 14.8 Å². The van der Waals surface area contributed by atoms with Crippen LogP contribution in [0.2, 0.25) is 0 Å². The molecule has 0 saturated heterocycles. The minimum absolute atomic E-state index is 0.0347. The lowest BCUT2D eigenvalue weighted by atomic mass is 10.0. The fourth-order valence-corrected chi connectivity index (χ4v) is 4.54. The largest absolute Gasteiger partial charge is 0.372 e. The average molecular weight is 483 g/mol. The molecule has 5 rings (SSSR count). The maximum atomic E-state index is 12.1. The molecular formula is C27H30N8O. The first-order valence-corrected chi connectivity index (χ1v) is 12.0. The Morgan fingerprint density at radius 2 is 1.92 bits per heavy atom. The Morgan fingerprint density at radius 3 is 2.56 bits per heavy atom. The van der Waals surface area contributed by atoms with E-state index in [2.05, 4.69) is 54.1 Å². The van der Waals surface area contributed by atoms with Crippen LogP contribution in [0.25, 0.3) is 27.9 Å². The first-order chi connectivity index (χ1) is 17.4. The van der Waals surface area contributed by atoms with Crippen LogP contribution in [-0.4, -0.2) is 74.7 Å². The molecule has 9 nitrogen and oxygen atoms in total. The van der Waals surface area contributed by atoms with E-state index in [1.54, 1.807) is 25.2 Å². The molecule has 4 aromatic heterocycles. The van der Waals surface area contributed by atoms with Gasteiger partial charge in [-0.25, -0.2) is 4.98 Å². The SMILES string of the molecule is CNc1ccc(-c2ccnc3c2cc(CN2CC=C(c4ccc(C(=O)N(C)C)cn4)CC2)n3C)nn1. The Labute approximate surface area is 210 Å². The Kier molecular flexibility index (Phi) is 6.47. The molecule has 5 heterocycles. The molecule has 1 amide bonds. The Bertz CT molecular complexity index is 1420. The highest BCUT2D eigenvalue weighted by Crippen LogP contribution is 2.29. The summed E-state index contributed by atoms with van der Waals surface area (Å²) in [6.45, 7) is 2.60. The van der Waals surface area contributed by atoms with E-state index in [1.807, 2.05) is 43.6 Å². The van der Waals surface area contributed by atoms with Crippen LogP contribution in [0.15, 0.2) is 54.9 Å². The number of anilines is 1. The number of carbonyl (C=O) groups excluding carboxylic acids is 1. The molecule has 0 atom stereocenters. The predicted octanol–water partition coefficient (Wildman–Crippen LogP) is 3.46. The van der Waals surface area contributed by atoms with Crippen molar-refractivity contribution >= 4 is 28.3 Å². The summed E-state index contributed by atoms with van der Waals surface area (Å²) in [7, 11) is 7.39. The lowest BCUT2D eigenvalue weighted by Crippen LogP contribution is -2.29. The molecule has 36 heavy (non-hydrogen) atoms. The van der Waals surface area contributed by atoms with E-state index in [1.165, 1.54) is 11.3 Å². The number of hydrogen-bond acceptors (Lipinski definition) is 7. The van der Waals surface area contributed by atoms with Crippen molar-refractivity contribution in [1.82, 2.24) is 34.5 Å². The van der Waals surface area contributed by atoms with Crippen LogP contribution in [-0.2, 0) is 13.6 Å². The lowest BCUT2D eigenvalue weighted by molar-refractivity contribution is 0.0827. The number of amides is 1. The van der Waals surface area contributed by atoms with Gasteiger partial charge in [0.15, 0.2) is 0 Å². The number of nitrogens with one attached hydrogen (secondary N) is 1. The number of nitrogens with zero attached hydrogens (tertiary/aromatic N) is 7. The molecule has 0 spiro atoms. The molecule has 1 N–H and O–H groups in total. The van der Waals surface area contributed by atoms with E-state index < -0.39 is 0 Å². The minimum atomic E-state index is -0.0347. The van der Waals surface area contributed by atoms with Crippen molar-refractivity contribution < 1.29 is 4.79 Å². The molecule has 9 heteroatoms. The third-order valence-electron chi connectivity index (χ3n) is 6.65. The zero-order valence-electron chi connectivity index (χ0n) is 21.1. The summed E-state index contributed by atoms with van der Waals surface area (Å²) in [5, 5.41) is 12.7. The van der Waals surface area contributed by atoms with E-state index >= 15 is 0 Å². The van der Waals surface area contributed by atoms with Crippen LogP contribution >= 0.6 is 0 Å². The molecule has 0 aliphatic carbocycles. The van der Waals surface area contributed by atoms with Crippen molar-refractivity contribution in [2.75, 3.05) is 39.5 Å². The van der Waals surface area contributed by atoms with Gasteiger partial charge in [0.2, 0.25) is 0 Å². The Morgan fingerprint density at radius 1 is 1.08 bits per heavy atom. The second-order valence-corrected chi connectivity index (χ2v) is 9.19. The van der Waals surface area contributed by atoms with Gasteiger partial charge >= 0.3 is 0 Å². The molecule has 0 bridgehead atoms. The topological polar surface area (TPSA) is 92.1 Å². The summed E-state index contributed by atoms with van der Waals surface area (Å²) in [6, 6.07) is 11.9. The number of carbonyl (C=O) groups is 1. The van der Waals surface area contributed by atoms with E-state index in [0.717, 1.165) is 59.9 Å². The minimum Gasteiger partial charge on any atom is -0.372 e. The standard InChI is InChI=1S/C27H30N8O/c1-28-25-8-7-24(31-32-25)21-9-12-29-26-22(21)15-20(34(26)4)17-35-13-10-18(11-14-35)23-6-5-19(16-30-23)27(36)33(2)3/h5-10,12,15-16H,11,13-14,17H2,1-4H3,(H,28,32). The molecule has 0 aromatic carbocycles. The van der Waals surface area contributed by atoms with Crippen LogP contribution in [0.4, 0.5) is 5.82 Å². The third-order valence-corrected chi connectivity index (χ3v) is 6.65. The van der Waals surface area contributed by atoms with Crippen LogP contribution in [0.3, 0.4) is 0 Å². The van der Waals surface area contributed by atoms with Crippen molar-refractivity contribution in [1.29, 1.82) is 0 Å². The number of rotatable bonds is 6. The highest BCUT2D eigenvalue weighted by molar-refractivity contribution is 5.94. The summed E-state index contributed by atoms with van der Waals surface area (Å²) < 4.78 is 2.16. The lowest BCUT2D eigenvalue weighted by Gasteiger charge is -2.26. The second kappa shape index (κ2) is 9.87. The zero-order chi connectivity index (χ0) is 25.2. The normalized spacial score (nSPS) is 14.1. The number of aryl methyl sites for hydroxylation is 1. The maximum Gasteiger partial charge on any atom is 0.254 e. The average Bonchev–Trinajstić information content (AvgIpc) is 3.24. The molecule has 1 aliphatic rings. The van der Waals surface area contributed by atoms with Crippen LogP contribution in [0.1, 0.15) is 28.2 Å². The predicted molar refractivity (Wildman–Crippen MR) is 141 cm³/mol. The fourth-order valence-electron chi connectivity index (χ4n) is 4.54. The van der Waals surface area contributed by atoms with Gasteiger partial charge in [-0.05, 0) is 48.4 Å². The molecule has 0 radical (unpaired) electrons. The number of pyridine rings is 2. The van der Waals surface area contributed by atoms with Crippen molar-refractivity contribution in [3.05, 3.63) is 71.8 Å². The molecule has 0 unspecified atom stereocenters. The Balaban J connectivity index is 1.32. The fraction of sp³-hybridized carbons (Fsp3) is 0.296. The van der Waals surface area contributed by atoms with Crippen molar-refractivity contribution in [2.24, 2.45) is 7.05 Å². The van der Waals surface area contributed by atoms with Gasteiger partial charge in [0.1, 0.15) is 11.5 Å². The number of hydrogen-bond donors (Lipinski definition) is 1. The third kappa shape index (κ3) is 4.57. The highest BCUT2D eigenvalue weighted by Gasteiger charge is 2.18. The van der Waals surface area contributed by atoms with Crippen molar-refractivity contribution in [2.45, 2.75) is 13.0 Å². The van der Waals surface area contributed by atoms with Gasteiger partial charge in [0, 0.05) is 76.9 Å². The number of aromatic nitrogens is 5. The highest BCUT2D eigenvalue weighted by atomic mass is 16.2. The van der Waals surface area contributed by atoms with Crippen LogP contribution in [0.5, 0.6) is 0 Å². The molecule has 4 aromatic rings. The molecule has 184 valence electrons. The van der Waals surface area contributed by atoms with Crippen molar-refractivity contribution in [3.63, 3.8) is 0 Å². The van der Waals surface area contributed by atoms with Crippen LogP contribution < -0.4 is 5.32 Å². The first kappa shape index (κ1) is 23.6. The maximum absolute atomic E-state index is 12.1. The van der Waals surface area contributed by atoms with Gasteiger partial charge in [-0.1, -0.05) is 6.08 Å². The second-order valence-electron chi connectivity index (χ2n) is 9.19. The monoisotopic (exact) mass is 482 g/mol. The van der Waals surface area contributed by atoms with Gasteiger partial charge in [-0.2, -0.15) is 0 Å². The zero-order valence-corrected chi connectivity index (χ0v) is 21.1.